The number of hydrogen-bond acceptors (Lipinski definition) is 4. The molecule has 23 heavy (non-hydrogen) atoms. The van der Waals surface area contributed by atoms with Crippen molar-refractivity contribution in [2.45, 2.75) is 0 Å². The molecule has 0 unspecified atom stereocenters. The molecule has 0 spiro atoms. The first-order valence-corrected chi connectivity index (χ1v) is 6.94. The first-order valence-electron chi connectivity index (χ1n) is 6.56. The van der Waals surface area contributed by atoms with Crippen molar-refractivity contribution in [2.75, 3.05) is 10.6 Å². The van der Waals surface area contributed by atoms with E-state index in [4.69, 9.17) is 22.1 Å². The Morgan fingerprint density at radius 1 is 1.09 bits per heavy atom. The molecular formula is C17H11ClN4O. The Bertz CT molecular complexity index is 846. The van der Waals surface area contributed by atoms with Gasteiger partial charge in [0.15, 0.2) is 0 Å². The van der Waals surface area contributed by atoms with E-state index in [2.05, 4.69) is 10.6 Å². The minimum Gasteiger partial charge on any atom is -0.360 e. The Balaban J connectivity index is 2.10. The molecule has 2 N–H and O–H groups in total. The van der Waals surface area contributed by atoms with E-state index in [1.807, 2.05) is 12.1 Å². The maximum atomic E-state index is 12.1. The largest absolute Gasteiger partial charge is 0.360 e. The Hall–Kier alpha value is -3.28. The summed E-state index contributed by atoms with van der Waals surface area (Å²) < 4.78 is 0. The number of halogens is 1. The Morgan fingerprint density at radius 2 is 1.83 bits per heavy atom. The molecule has 0 atom stereocenters. The minimum atomic E-state index is -0.557. The third-order valence-corrected chi connectivity index (χ3v) is 3.06. The van der Waals surface area contributed by atoms with Crippen LogP contribution in [0.4, 0.5) is 11.4 Å². The van der Waals surface area contributed by atoms with Gasteiger partial charge in [-0.15, -0.1) is 0 Å². The average Bonchev–Trinajstić information content (AvgIpc) is 2.55. The number of benzene rings is 2. The lowest BCUT2D eigenvalue weighted by atomic mass is 10.2. The third kappa shape index (κ3) is 4.60. The van der Waals surface area contributed by atoms with Gasteiger partial charge in [-0.2, -0.15) is 10.5 Å². The molecule has 0 aromatic heterocycles. The molecule has 2 aromatic carbocycles. The molecule has 0 aliphatic heterocycles. The van der Waals surface area contributed by atoms with Gasteiger partial charge in [-0.1, -0.05) is 23.7 Å². The van der Waals surface area contributed by atoms with Crippen LogP contribution >= 0.6 is 11.6 Å². The van der Waals surface area contributed by atoms with E-state index in [9.17, 15) is 4.79 Å². The first-order chi connectivity index (χ1) is 11.1. The zero-order chi connectivity index (χ0) is 16.7. The fraction of sp³-hybridized carbons (Fsp3) is 0. The molecular weight excluding hydrogens is 312 g/mol. The van der Waals surface area contributed by atoms with Gasteiger partial charge in [0.2, 0.25) is 0 Å². The molecule has 0 saturated carbocycles. The van der Waals surface area contributed by atoms with E-state index in [0.717, 1.165) is 0 Å². The summed E-state index contributed by atoms with van der Waals surface area (Å²) in [4.78, 5) is 12.1. The van der Waals surface area contributed by atoms with Crippen molar-refractivity contribution in [1.29, 1.82) is 10.5 Å². The van der Waals surface area contributed by atoms with Gasteiger partial charge in [0.25, 0.3) is 5.91 Å². The number of carbonyl (C=O) groups excluding carboxylic acids is 1. The molecule has 0 saturated heterocycles. The van der Waals surface area contributed by atoms with Crippen LogP contribution in [0.2, 0.25) is 5.02 Å². The fourth-order valence-corrected chi connectivity index (χ4v) is 1.94. The van der Waals surface area contributed by atoms with Crippen LogP contribution in [0.15, 0.2) is 60.3 Å². The number of anilines is 2. The number of nitriles is 2. The predicted octanol–water partition coefficient (Wildman–Crippen LogP) is 3.67. The second-order valence-corrected chi connectivity index (χ2v) is 4.91. The van der Waals surface area contributed by atoms with Gasteiger partial charge in [-0.25, -0.2) is 0 Å². The number of nitrogens with zero attached hydrogens (tertiary/aromatic N) is 2. The van der Waals surface area contributed by atoms with Crippen LogP contribution in [0.5, 0.6) is 0 Å². The maximum Gasteiger partial charge on any atom is 0.267 e. The Labute approximate surface area is 138 Å². The lowest BCUT2D eigenvalue weighted by molar-refractivity contribution is -0.112. The molecule has 2 aromatic rings. The summed E-state index contributed by atoms with van der Waals surface area (Å²) in [5.41, 5.74) is 1.47. The van der Waals surface area contributed by atoms with Crippen molar-refractivity contribution >= 4 is 28.9 Å². The van der Waals surface area contributed by atoms with Crippen LogP contribution in [-0.2, 0) is 4.79 Å². The van der Waals surface area contributed by atoms with Gasteiger partial charge in [-0.3, -0.25) is 4.79 Å². The molecule has 2 rings (SSSR count). The number of rotatable bonds is 4. The smallest absolute Gasteiger partial charge is 0.267 e. The highest BCUT2D eigenvalue weighted by atomic mass is 35.5. The summed E-state index contributed by atoms with van der Waals surface area (Å²) in [6, 6.07) is 17.2. The van der Waals surface area contributed by atoms with Gasteiger partial charge >= 0.3 is 0 Å². The third-order valence-electron chi connectivity index (χ3n) is 2.82. The zero-order valence-electron chi connectivity index (χ0n) is 11.9. The number of amides is 1. The van der Waals surface area contributed by atoms with Gasteiger partial charge in [0.05, 0.1) is 11.6 Å². The molecule has 5 nitrogen and oxygen atoms in total. The summed E-state index contributed by atoms with van der Waals surface area (Å²) in [5.74, 6) is -0.557. The van der Waals surface area contributed by atoms with Crippen molar-refractivity contribution in [2.24, 2.45) is 0 Å². The molecule has 112 valence electrons. The molecule has 1 amide bonds. The van der Waals surface area contributed by atoms with Gasteiger partial charge in [0, 0.05) is 22.6 Å². The van der Waals surface area contributed by atoms with Crippen molar-refractivity contribution < 1.29 is 4.79 Å². The highest BCUT2D eigenvalue weighted by molar-refractivity contribution is 6.31. The molecule has 0 bridgehead atoms. The van der Waals surface area contributed by atoms with E-state index in [1.165, 1.54) is 6.20 Å². The average molecular weight is 323 g/mol. The summed E-state index contributed by atoms with van der Waals surface area (Å²) in [6.45, 7) is 0. The van der Waals surface area contributed by atoms with Gasteiger partial charge in [0.1, 0.15) is 11.6 Å². The summed E-state index contributed by atoms with van der Waals surface area (Å²) in [7, 11) is 0. The van der Waals surface area contributed by atoms with Crippen LogP contribution in [0.1, 0.15) is 5.56 Å². The summed E-state index contributed by atoms with van der Waals surface area (Å²) in [5, 5.41) is 23.8. The minimum absolute atomic E-state index is 0.104. The van der Waals surface area contributed by atoms with Crippen molar-refractivity contribution in [3.63, 3.8) is 0 Å². The van der Waals surface area contributed by atoms with Gasteiger partial charge in [-0.05, 0) is 36.4 Å². The summed E-state index contributed by atoms with van der Waals surface area (Å²) >= 11 is 5.84. The summed E-state index contributed by atoms with van der Waals surface area (Å²) in [6.07, 6.45) is 1.29. The van der Waals surface area contributed by atoms with Crippen LogP contribution in [0.3, 0.4) is 0 Å². The highest BCUT2D eigenvalue weighted by Gasteiger charge is 2.09. The van der Waals surface area contributed by atoms with E-state index in [1.54, 1.807) is 48.5 Å². The Morgan fingerprint density at radius 3 is 2.52 bits per heavy atom. The SMILES string of the molecule is N#CC(=CNc1cccc(C#N)c1)C(=O)Nc1cccc(Cl)c1. The van der Waals surface area contributed by atoms with Crippen molar-refractivity contribution in [1.82, 2.24) is 0 Å². The van der Waals surface area contributed by atoms with Crippen LogP contribution in [0, 0.1) is 22.7 Å². The van der Waals surface area contributed by atoms with Crippen molar-refractivity contribution in [3.8, 4) is 12.1 Å². The van der Waals surface area contributed by atoms with Crippen molar-refractivity contribution in [3.05, 3.63) is 70.9 Å². The number of hydrogen-bond donors (Lipinski definition) is 2. The lowest BCUT2D eigenvalue weighted by Crippen LogP contribution is -2.14. The molecule has 0 radical (unpaired) electrons. The monoisotopic (exact) mass is 322 g/mol. The van der Waals surface area contributed by atoms with Crippen LogP contribution in [0.25, 0.3) is 0 Å². The second-order valence-electron chi connectivity index (χ2n) is 4.47. The first kappa shape index (κ1) is 16.1. The highest BCUT2D eigenvalue weighted by Crippen LogP contribution is 2.16. The van der Waals surface area contributed by atoms with E-state index >= 15 is 0 Å². The lowest BCUT2D eigenvalue weighted by Gasteiger charge is -2.05. The van der Waals surface area contributed by atoms with E-state index < -0.39 is 5.91 Å². The molecule has 6 heteroatoms. The van der Waals surface area contributed by atoms with Crippen LogP contribution < -0.4 is 10.6 Å². The maximum absolute atomic E-state index is 12.1. The molecule has 0 fully saturated rings. The second kappa shape index (κ2) is 7.65. The number of carbonyl (C=O) groups is 1. The van der Waals surface area contributed by atoms with Crippen LogP contribution in [-0.4, -0.2) is 5.91 Å². The molecule has 0 heterocycles. The van der Waals surface area contributed by atoms with E-state index in [-0.39, 0.29) is 5.57 Å². The van der Waals surface area contributed by atoms with Gasteiger partial charge < -0.3 is 10.6 Å². The topological polar surface area (TPSA) is 88.7 Å². The molecule has 0 aliphatic carbocycles. The standard InChI is InChI=1S/C17H11ClN4O/c18-14-4-2-6-16(8-14)22-17(23)13(10-20)11-21-15-5-1-3-12(7-15)9-19/h1-8,11,21H,(H,22,23). The normalized spacial score (nSPS) is 10.3. The molecule has 0 aliphatic rings. The quantitative estimate of drug-likeness (QED) is 0.664. The Kier molecular flexibility index (Phi) is 5.35. The van der Waals surface area contributed by atoms with E-state index in [0.29, 0.717) is 22.0 Å². The predicted molar refractivity (Wildman–Crippen MR) is 88.6 cm³/mol. The fourth-order valence-electron chi connectivity index (χ4n) is 1.75. The number of nitrogens with one attached hydrogen (secondary N) is 2. The zero-order valence-corrected chi connectivity index (χ0v) is 12.6.